The van der Waals surface area contributed by atoms with Gasteiger partial charge in [0.05, 0.1) is 12.5 Å². The third-order valence-corrected chi connectivity index (χ3v) is 3.50. The lowest BCUT2D eigenvalue weighted by Gasteiger charge is -2.29. The predicted molar refractivity (Wildman–Crippen MR) is 71.4 cm³/mol. The molecule has 1 saturated carbocycles. The minimum absolute atomic E-state index is 0.0195. The van der Waals surface area contributed by atoms with Crippen LogP contribution in [0.4, 0.5) is 0 Å². The lowest BCUT2D eigenvalue weighted by atomic mass is 9.85. The van der Waals surface area contributed by atoms with Crippen LogP contribution in [-0.2, 0) is 14.3 Å². The standard InChI is InChI=1S/C14H27NO3/c1-4-18-14(16)12-6-5-7-13(8-12)15-9-11(2)10-17-3/h11-13,15H,4-10H2,1-3H3. The number of methoxy groups -OCH3 is 1. The van der Waals surface area contributed by atoms with Crippen LogP contribution in [0.3, 0.4) is 0 Å². The molecule has 106 valence electrons. The maximum atomic E-state index is 11.7. The van der Waals surface area contributed by atoms with E-state index in [1.54, 1.807) is 7.11 Å². The van der Waals surface area contributed by atoms with Crippen LogP contribution in [0.15, 0.2) is 0 Å². The molecule has 0 spiro atoms. The van der Waals surface area contributed by atoms with Gasteiger partial charge in [-0.2, -0.15) is 0 Å². The molecule has 0 heterocycles. The SMILES string of the molecule is CCOC(=O)C1CCCC(NCC(C)COC)C1. The molecule has 1 rings (SSSR count). The first-order chi connectivity index (χ1) is 8.67. The van der Waals surface area contributed by atoms with E-state index < -0.39 is 0 Å². The Bertz CT molecular complexity index is 245. The van der Waals surface area contributed by atoms with Crippen LogP contribution >= 0.6 is 0 Å². The van der Waals surface area contributed by atoms with Gasteiger partial charge >= 0.3 is 5.97 Å². The van der Waals surface area contributed by atoms with Gasteiger partial charge in [0.25, 0.3) is 0 Å². The summed E-state index contributed by atoms with van der Waals surface area (Å²) in [5, 5.41) is 3.55. The second kappa shape index (κ2) is 8.48. The van der Waals surface area contributed by atoms with Crippen LogP contribution in [-0.4, -0.2) is 38.9 Å². The van der Waals surface area contributed by atoms with E-state index in [0.717, 1.165) is 38.8 Å². The van der Waals surface area contributed by atoms with E-state index in [9.17, 15) is 4.79 Å². The van der Waals surface area contributed by atoms with Crippen LogP contribution < -0.4 is 5.32 Å². The van der Waals surface area contributed by atoms with Crippen LogP contribution in [0.5, 0.6) is 0 Å². The maximum absolute atomic E-state index is 11.7. The zero-order valence-electron chi connectivity index (χ0n) is 11.9. The Morgan fingerprint density at radius 3 is 2.89 bits per heavy atom. The number of ether oxygens (including phenoxy) is 2. The predicted octanol–water partition coefficient (Wildman–Crippen LogP) is 1.98. The van der Waals surface area contributed by atoms with Crippen LogP contribution in [0.25, 0.3) is 0 Å². The summed E-state index contributed by atoms with van der Waals surface area (Å²) in [5.74, 6) is 0.584. The molecule has 0 saturated heterocycles. The van der Waals surface area contributed by atoms with E-state index in [1.807, 2.05) is 6.92 Å². The molecule has 3 unspecified atom stereocenters. The van der Waals surface area contributed by atoms with E-state index in [0.29, 0.717) is 18.6 Å². The van der Waals surface area contributed by atoms with Crippen molar-refractivity contribution in [2.75, 3.05) is 26.9 Å². The molecule has 1 aliphatic carbocycles. The molecule has 3 atom stereocenters. The number of nitrogens with one attached hydrogen (secondary N) is 1. The second-order valence-corrected chi connectivity index (χ2v) is 5.28. The van der Waals surface area contributed by atoms with Crippen molar-refractivity contribution in [2.24, 2.45) is 11.8 Å². The first kappa shape index (κ1) is 15.4. The van der Waals surface area contributed by atoms with Gasteiger partial charge in [0, 0.05) is 26.3 Å². The summed E-state index contributed by atoms with van der Waals surface area (Å²) in [7, 11) is 1.73. The molecule has 0 bridgehead atoms. The average molecular weight is 257 g/mol. The van der Waals surface area contributed by atoms with Crippen LogP contribution in [0.1, 0.15) is 39.5 Å². The van der Waals surface area contributed by atoms with Gasteiger partial charge in [-0.15, -0.1) is 0 Å². The van der Waals surface area contributed by atoms with Crippen molar-refractivity contribution in [3.63, 3.8) is 0 Å². The summed E-state index contributed by atoms with van der Waals surface area (Å²) >= 11 is 0. The highest BCUT2D eigenvalue weighted by molar-refractivity contribution is 5.72. The zero-order valence-corrected chi connectivity index (χ0v) is 11.9. The van der Waals surface area contributed by atoms with Gasteiger partial charge in [0.15, 0.2) is 0 Å². The Hall–Kier alpha value is -0.610. The Labute approximate surface area is 110 Å². The normalized spacial score (nSPS) is 25.7. The average Bonchev–Trinajstić information content (AvgIpc) is 2.37. The number of carbonyl (C=O) groups excluding carboxylic acids is 1. The zero-order chi connectivity index (χ0) is 13.4. The number of hydrogen-bond donors (Lipinski definition) is 1. The number of hydrogen-bond acceptors (Lipinski definition) is 4. The van der Waals surface area contributed by atoms with E-state index in [1.165, 1.54) is 0 Å². The van der Waals surface area contributed by atoms with Crippen molar-refractivity contribution < 1.29 is 14.3 Å². The summed E-state index contributed by atoms with van der Waals surface area (Å²) in [5.41, 5.74) is 0. The molecule has 1 aliphatic rings. The first-order valence-corrected chi connectivity index (χ1v) is 7.06. The van der Waals surface area contributed by atoms with E-state index in [4.69, 9.17) is 9.47 Å². The lowest BCUT2D eigenvalue weighted by Crippen LogP contribution is -2.39. The molecule has 0 radical (unpaired) electrons. The van der Waals surface area contributed by atoms with Gasteiger partial charge in [-0.25, -0.2) is 0 Å². The highest BCUT2D eigenvalue weighted by atomic mass is 16.5. The molecule has 4 heteroatoms. The van der Waals surface area contributed by atoms with Gasteiger partial charge in [-0.3, -0.25) is 4.79 Å². The molecular weight excluding hydrogens is 230 g/mol. The van der Waals surface area contributed by atoms with Gasteiger partial charge in [0.1, 0.15) is 0 Å². The molecule has 4 nitrogen and oxygen atoms in total. The number of esters is 1. The molecule has 0 aromatic rings. The Morgan fingerprint density at radius 1 is 1.44 bits per heavy atom. The summed E-state index contributed by atoms with van der Waals surface area (Å²) in [6.45, 7) is 6.25. The van der Waals surface area contributed by atoms with Gasteiger partial charge in [-0.1, -0.05) is 13.3 Å². The molecule has 0 aromatic carbocycles. The summed E-state index contributed by atoms with van der Waals surface area (Å²) < 4.78 is 10.2. The van der Waals surface area contributed by atoms with E-state index in [-0.39, 0.29) is 11.9 Å². The van der Waals surface area contributed by atoms with Gasteiger partial charge in [0.2, 0.25) is 0 Å². The molecule has 1 N–H and O–H groups in total. The van der Waals surface area contributed by atoms with Crippen molar-refractivity contribution in [1.82, 2.24) is 5.32 Å². The molecule has 18 heavy (non-hydrogen) atoms. The maximum Gasteiger partial charge on any atom is 0.308 e. The minimum Gasteiger partial charge on any atom is -0.466 e. The Balaban J connectivity index is 2.28. The summed E-state index contributed by atoms with van der Waals surface area (Å²) in [6, 6.07) is 0.451. The van der Waals surface area contributed by atoms with Gasteiger partial charge < -0.3 is 14.8 Å². The van der Waals surface area contributed by atoms with Gasteiger partial charge in [-0.05, 0) is 32.1 Å². The quantitative estimate of drug-likeness (QED) is 0.708. The van der Waals surface area contributed by atoms with Crippen LogP contribution in [0.2, 0.25) is 0 Å². The third kappa shape index (κ3) is 5.36. The highest BCUT2D eigenvalue weighted by Gasteiger charge is 2.28. The molecule has 0 amide bonds. The van der Waals surface area contributed by atoms with E-state index >= 15 is 0 Å². The Kier molecular flexibility index (Phi) is 7.28. The topological polar surface area (TPSA) is 47.6 Å². The molecule has 0 aliphatic heterocycles. The fourth-order valence-corrected chi connectivity index (χ4v) is 2.56. The molecule has 0 aromatic heterocycles. The highest BCUT2D eigenvalue weighted by Crippen LogP contribution is 2.25. The second-order valence-electron chi connectivity index (χ2n) is 5.28. The Morgan fingerprint density at radius 2 is 2.22 bits per heavy atom. The minimum atomic E-state index is -0.0195. The molecular formula is C14H27NO3. The van der Waals surface area contributed by atoms with Crippen molar-refractivity contribution in [3.05, 3.63) is 0 Å². The molecule has 1 fully saturated rings. The lowest BCUT2D eigenvalue weighted by molar-refractivity contribution is -0.149. The summed E-state index contributed by atoms with van der Waals surface area (Å²) in [6.07, 6.45) is 4.17. The number of rotatable bonds is 7. The van der Waals surface area contributed by atoms with Crippen molar-refractivity contribution in [1.29, 1.82) is 0 Å². The van der Waals surface area contributed by atoms with E-state index in [2.05, 4.69) is 12.2 Å². The summed E-state index contributed by atoms with van der Waals surface area (Å²) in [4.78, 5) is 11.7. The van der Waals surface area contributed by atoms with Crippen molar-refractivity contribution in [2.45, 2.75) is 45.6 Å². The number of carbonyl (C=O) groups is 1. The van der Waals surface area contributed by atoms with Crippen molar-refractivity contribution >= 4 is 5.97 Å². The first-order valence-electron chi connectivity index (χ1n) is 7.06. The third-order valence-electron chi connectivity index (χ3n) is 3.50. The monoisotopic (exact) mass is 257 g/mol. The van der Waals surface area contributed by atoms with Crippen molar-refractivity contribution in [3.8, 4) is 0 Å². The fourth-order valence-electron chi connectivity index (χ4n) is 2.56. The smallest absolute Gasteiger partial charge is 0.308 e. The van der Waals surface area contributed by atoms with Crippen LogP contribution in [0, 0.1) is 11.8 Å². The largest absolute Gasteiger partial charge is 0.466 e. The fraction of sp³-hybridized carbons (Fsp3) is 0.929.